The third kappa shape index (κ3) is 4.68. The van der Waals surface area contributed by atoms with E-state index in [0.717, 1.165) is 39.0 Å². The number of carbonyl (C=O) groups is 1. The molecule has 5 heteroatoms. The molecular weight excluding hydrogens is 228 g/mol. The molecule has 1 N–H and O–H groups in total. The van der Waals surface area contributed by atoms with E-state index in [4.69, 9.17) is 4.74 Å². The number of ether oxygens (including phenoxy) is 1. The molecule has 1 heterocycles. The lowest BCUT2D eigenvalue weighted by Crippen LogP contribution is -2.43. The number of hydrogen-bond donors (Lipinski definition) is 1. The molecular formula is C11H23ClN2O2. The van der Waals surface area contributed by atoms with Crippen molar-refractivity contribution in [3.8, 4) is 0 Å². The number of nitrogens with one attached hydrogen (secondary N) is 1. The van der Waals surface area contributed by atoms with Gasteiger partial charge in [0.25, 0.3) is 0 Å². The second-order valence-corrected chi connectivity index (χ2v) is 3.82. The normalized spacial score (nSPS) is 19.4. The Morgan fingerprint density at radius 1 is 1.38 bits per heavy atom. The molecule has 1 atom stereocenters. The van der Waals surface area contributed by atoms with Crippen LogP contribution >= 0.6 is 12.4 Å². The summed E-state index contributed by atoms with van der Waals surface area (Å²) in [5.74, 6) is -0.0677. The fourth-order valence-electron chi connectivity index (χ4n) is 1.99. The lowest BCUT2D eigenvalue weighted by molar-refractivity contribution is -0.149. The minimum atomic E-state index is -0.0677. The highest BCUT2D eigenvalue weighted by atomic mass is 35.5. The van der Waals surface area contributed by atoms with E-state index in [1.807, 2.05) is 13.8 Å². The smallest absolute Gasteiger partial charge is 0.323 e. The summed E-state index contributed by atoms with van der Waals surface area (Å²) in [5.41, 5.74) is 0. The van der Waals surface area contributed by atoms with Gasteiger partial charge in [0.2, 0.25) is 0 Å². The van der Waals surface area contributed by atoms with Crippen LogP contribution in [0.4, 0.5) is 0 Å². The van der Waals surface area contributed by atoms with Crippen molar-refractivity contribution >= 4 is 18.4 Å². The van der Waals surface area contributed by atoms with E-state index in [2.05, 4.69) is 10.2 Å². The predicted molar refractivity (Wildman–Crippen MR) is 67.0 cm³/mol. The van der Waals surface area contributed by atoms with Crippen LogP contribution in [-0.2, 0) is 9.53 Å². The first-order chi connectivity index (χ1) is 7.29. The molecule has 1 saturated heterocycles. The molecule has 1 unspecified atom stereocenters. The Morgan fingerprint density at radius 2 is 2.12 bits per heavy atom. The molecule has 0 saturated carbocycles. The minimum Gasteiger partial charge on any atom is -0.465 e. The highest BCUT2D eigenvalue weighted by Gasteiger charge is 2.25. The van der Waals surface area contributed by atoms with Crippen LogP contribution in [0.3, 0.4) is 0 Å². The molecule has 1 rings (SSSR count). The van der Waals surface area contributed by atoms with Crippen LogP contribution in [0.15, 0.2) is 0 Å². The Balaban J connectivity index is 0.00000225. The second kappa shape index (κ2) is 8.79. The second-order valence-electron chi connectivity index (χ2n) is 3.82. The number of rotatable bonds is 4. The molecule has 96 valence electrons. The van der Waals surface area contributed by atoms with Crippen molar-refractivity contribution in [1.82, 2.24) is 10.2 Å². The lowest BCUT2D eigenvalue weighted by Gasteiger charge is -2.27. The topological polar surface area (TPSA) is 41.6 Å². The van der Waals surface area contributed by atoms with Crippen molar-refractivity contribution in [2.75, 3.05) is 32.8 Å². The van der Waals surface area contributed by atoms with Gasteiger partial charge in [0.15, 0.2) is 0 Å². The van der Waals surface area contributed by atoms with Crippen molar-refractivity contribution in [1.29, 1.82) is 0 Å². The van der Waals surface area contributed by atoms with E-state index in [1.165, 1.54) is 0 Å². The van der Waals surface area contributed by atoms with Gasteiger partial charge in [-0.2, -0.15) is 0 Å². The molecule has 0 radical (unpaired) electrons. The highest BCUT2D eigenvalue weighted by molar-refractivity contribution is 5.85. The lowest BCUT2D eigenvalue weighted by atomic mass is 10.2. The van der Waals surface area contributed by atoms with Gasteiger partial charge in [-0.05, 0) is 26.3 Å². The Bertz CT molecular complexity index is 194. The van der Waals surface area contributed by atoms with E-state index in [9.17, 15) is 4.79 Å². The Labute approximate surface area is 104 Å². The molecule has 0 aliphatic carbocycles. The number of esters is 1. The minimum absolute atomic E-state index is 0. The molecule has 16 heavy (non-hydrogen) atoms. The Hall–Kier alpha value is -0.320. The number of hydrogen-bond acceptors (Lipinski definition) is 4. The van der Waals surface area contributed by atoms with Crippen LogP contribution in [0.1, 0.15) is 26.7 Å². The molecule has 1 aliphatic heterocycles. The van der Waals surface area contributed by atoms with Crippen molar-refractivity contribution < 1.29 is 9.53 Å². The van der Waals surface area contributed by atoms with Gasteiger partial charge in [0, 0.05) is 19.6 Å². The molecule has 0 aromatic heterocycles. The Morgan fingerprint density at radius 3 is 2.75 bits per heavy atom. The largest absolute Gasteiger partial charge is 0.465 e. The van der Waals surface area contributed by atoms with E-state index in [0.29, 0.717) is 6.61 Å². The number of nitrogens with zero attached hydrogens (tertiary/aromatic N) is 1. The summed E-state index contributed by atoms with van der Waals surface area (Å²) >= 11 is 0. The van der Waals surface area contributed by atoms with Crippen LogP contribution in [0, 0.1) is 0 Å². The summed E-state index contributed by atoms with van der Waals surface area (Å²) in [6.07, 6.45) is 1.94. The zero-order chi connectivity index (χ0) is 11.1. The molecule has 0 bridgehead atoms. The third-order valence-corrected chi connectivity index (χ3v) is 2.76. The average molecular weight is 251 g/mol. The highest BCUT2D eigenvalue weighted by Crippen LogP contribution is 2.08. The molecule has 1 aliphatic rings. The SMILES string of the molecule is CCOC(=O)C(CC)N1CCCNCC1.Cl. The van der Waals surface area contributed by atoms with Gasteiger partial charge < -0.3 is 10.1 Å². The van der Waals surface area contributed by atoms with Crippen LogP contribution in [-0.4, -0.2) is 49.7 Å². The predicted octanol–water partition coefficient (Wildman–Crippen LogP) is 1.05. The zero-order valence-corrected chi connectivity index (χ0v) is 11.0. The van der Waals surface area contributed by atoms with Crippen molar-refractivity contribution in [2.24, 2.45) is 0 Å². The van der Waals surface area contributed by atoms with Crippen molar-refractivity contribution in [3.63, 3.8) is 0 Å². The van der Waals surface area contributed by atoms with Crippen LogP contribution in [0.25, 0.3) is 0 Å². The van der Waals surface area contributed by atoms with Gasteiger partial charge in [-0.15, -0.1) is 12.4 Å². The molecule has 0 aromatic rings. The van der Waals surface area contributed by atoms with Gasteiger partial charge in [-0.3, -0.25) is 9.69 Å². The fourth-order valence-corrected chi connectivity index (χ4v) is 1.99. The quantitative estimate of drug-likeness (QED) is 0.758. The first kappa shape index (κ1) is 15.7. The zero-order valence-electron chi connectivity index (χ0n) is 10.2. The molecule has 0 spiro atoms. The van der Waals surface area contributed by atoms with Crippen LogP contribution in [0.2, 0.25) is 0 Å². The van der Waals surface area contributed by atoms with E-state index < -0.39 is 0 Å². The van der Waals surface area contributed by atoms with E-state index in [-0.39, 0.29) is 24.4 Å². The van der Waals surface area contributed by atoms with Crippen molar-refractivity contribution in [2.45, 2.75) is 32.7 Å². The van der Waals surface area contributed by atoms with Crippen molar-refractivity contribution in [3.05, 3.63) is 0 Å². The standard InChI is InChI=1S/C11H22N2O2.ClH/c1-3-10(11(14)15-4-2)13-8-5-6-12-7-9-13;/h10,12H,3-9H2,1-2H3;1H. The summed E-state index contributed by atoms with van der Waals surface area (Å²) < 4.78 is 5.09. The first-order valence-electron chi connectivity index (χ1n) is 5.91. The maximum absolute atomic E-state index is 11.7. The maximum Gasteiger partial charge on any atom is 0.323 e. The number of halogens is 1. The van der Waals surface area contributed by atoms with Crippen LogP contribution < -0.4 is 5.32 Å². The monoisotopic (exact) mass is 250 g/mol. The number of carbonyl (C=O) groups excluding carboxylic acids is 1. The average Bonchev–Trinajstić information content (AvgIpc) is 2.48. The summed E-state index contributed by atoms with van der Waals surface area (Å²) in [5, 5.41) is 3.33. The molecule has 1 fully saturated rings. The molecule has 0 aromatic carbocycles. The molecule has 4 nitrogen and oxygen atoms in total. The van der Waals surface area contributed by atoms with E-state index >= 15 is 0 Å². The Kier molecular flexibility index (Phi) is 8.61. The summed E-state index contributed by atoms with van der Waals surface area (Å²) in [4.78, 5) is 13.9. The van der Waals surface area contributed by atoms with Crippen LogP contribution in [0.5, 0.6) is 0 Å². The van der Waals surface area contributed by atoms with Gasteiger partial charge in [0.05, 0.1) is 6.61 Å². The summed E-state index contributed by atoms with van der Waals surface area (Å²) in [7, 11) is 0. The van der Waals surface area contributed by atoms with Gasteiger partial charge >= 0.3 is 5.97 Å². The third-order valence-electron chi connectivity index (χ3n) is 2.76. The maximum atomic E-state index is 11.7. The first-order valence-corrected chi connectivity index (χ1v) is 5.91. The fraction of sp³-hybridized carbons (Fsp3) is 0.909. The van der Waals surface area contributed by atoms with Gasteiger partial charge in [0.1, 0.15) is 6.04 Å². The summed E-state index contributed by atoms with van der Waals surface area (Å²) in [6.45, 7) is 8.32. The summed E-state index contributed by atoms with van der Waals surface area (Å²) in [6, 6.07) is -0.0511. The van der Waals surface area contributed by atoms with Gasteiger partial charge in [-0.1, -0.05) is 6.92 Å². The van der Waals surface area contributed by atoms with Gasteiger partial charge in [-0.25, -0.2) is 0 Å². The molecule has 0 amide bonds. The van der Waals surface area contributed by atoms with E-state index in [1.54, 1.807) is 0 Å².